The Hall–Kier alpha value is -1.31. The number of hydrogen-bond acceptors (Lipinski definition) is 2. The van der Waals surface area contributed by atoms with E-state index in [1.807, 2.05) is 12.1 Å². The number of ketones is 1. The maximum absolute atomic E-state index is 11.3. The van der Waals surface area contributed by atoms with E-state index in [0.717, 1.165) is 18.6 Å². The van der Waals surface area contributed by atoms with Crippen LogP contribution in [0.2, 0.25) is 0 Å². The number of fused-ring (bicyclic) bond motifs is 1. The zero-order chi connectivity index (χ0) is 10.1. The third-order valence-corrected chi connectivity index (χ3v) is 2.94. The number of hydrogen-bond donors (Lipinski definition) is 0. The highest BCUT2D eigenvalue weighted by atomic mass is 16.5. The third kappa shape index (κ3) is 1.41. The molecule has 2 nitrogen and oxygen atoms in total. The van der Waals surface area contributed by atoms with Crippen molar-refractivity contribution in [3.8, 4) is 5.75 Å². The zero-order valence-corrected chi connectivity index (χ0v) is 8.54. The fraction of sp³-hybridized carbons (Fsp3) is 0.417. The number of carbonyl (C=O) groups excluding carboxylic acids is 1. The van der Waals surface area contributed by atoms with E-state index >= 15 is 0 Å². The van der Waals surface area contributed by atoms with Crippen molar-refractivity contribution in [3.05, 3.63) is 29.3 Å². The standard InChI is InChI=1S/C12H14O2/c1-8(13)10-6-9-4-3-5-12(14-2)11(9)7-10/h3-5,10H,6-7H2,1-2H3. The van der Waals surface area contributed by atoms with E-state index in [1.165, 1.54) is 11.1 Å². The Morgan fingerprint density at radius 3 is 2.86 bits per heavy atom. The van der Waals surface area contributed by atoms with Crippen LogP contribution in [-0.2, 0) is 17.6 Å². The van der Waals surface area contributed by atoms with Gasteiger partial charge in [0, 0.05) is 5.92 Å². The highest BCUT2D eigenvalue weighted by molar-refractivity contribution is 5.80. The van der Waals surface area contributed by atoms with Gasteiger partial charge in [-0.3, -0.25) is 4.79 Å². The van der Waals surface area contributed by atoms with Crippen LogP contribution in [0.5, 0.6) is 5.75 Å². The van der Waals surface area contributed by atoms with Crippen molar-refractivity contribution >= 4 is 5.78 Å². The summed E-state index contributed by atoms with van der Waals surface area (Å²) in [6, 6.07) is 6.03. The molecular weight excluding hydrogens is 176 g/mol. The van der Waals surface area contributed by atoms with Crippen LogP contribution in [0.4, 0.5) is 0 Å². The summed E-state index contributed by atoms with van der Waals surface area (Å²) in [5.41, 5.74) is 2.49. The van der Waals surface area contributed by atoms with Crippen molar-refractivity contribution in [1.82, 2.24) is 0 Å². The lowest BCUT2D eigenvalue weighted by Crippen LogP contribution is -2.09. The summed E-state index contributed by atoms with van der Waals surface area (Å²) in [5.74, 6) is 1.37. The molecule has 74 valence electrons. The molecule has 0 radical (unpaired) electrons. The number of ether oxygens (including phenoxy) is 1. The first-order valence-corrected chi connectivity index (χ1v) is 4.87. The molecule has 0 aromatic heterocycles. The molecule has 1 aromatic carbocycles. The lowest BCUT2D eigenvalue weighted by Gasteiger charge is -2.05. The molecule has 2 rings (SSSR count). The summed E-state index contributed by atoms with van der Waals surface area (Å²) in [6.07, 6.45) is 1.72. The minimum atomic E-state index is 0.168. The van der Waals surface area contributed by atoms with Gasteiger partial charge in [-0.15, -0.1) is 0 Å². The molecule has 0 heterocycles. The summed E-state index contributed by atoms with van der Waals surface area (Å²) >= 11 is 0. The van der Waals surface area contributed by atoms with E-state index in [4.69, 9.17) is 4.74 Å². The Labute approximate surface area is 83.9 Å². The first-order chi connectivity index (χ1) is 6.72. The summed E-state index contributed by atoms with van der Waals surface area (Å²) < 4.78 is 5.27. The molecule has 0 bridgehead atoms. The smallest absolute Gasteiger partial charge is 0.133 e. The van der Waals surface area contributed by atoms with E-state index < -0.39 is 0 Å². The summed E-state index contributed by atoms with van der Waals surface area (Å²) in [7, 11) is 1.68. The largest absolute Gasteiger partial charge is 0.496 e. The highest BCUT2D eigenvalue weighted by Crippen LogP contribution is 2.33. The lowest BCUT2D eigenvalue weighted by molar-refractivity contribution is -0.120. The number of rotatable bonds is 2. The first kappa shape index (κ1) is 9.25. The van der Waals surface area contributed by atoms with Gasteiger partial charge in [-0.2, -0.15) is 0 Å². The Morgan fingerprint density at radius 1 is 1.43 bits per heavy atom. The van der Waals surface area contributed by atoms with Crippen LogP contribution in [-0.4, -0.2) is 12.9 Å². The van der Waals surface area contributed by atoms with Gasteiger partial charge in [0.2, 0.25) is 0 Å². The average Bonchev–Trinajstić information content (AvgIpc) is 2.60. The van der Waals surface area contributed by atoms with Crippen molar-refractivity contribution < 1.29 is 9.53 Å². The molecule has 0 fully saturated rings. The van der Waals surface area contributed by atoms with E-state index in [-0.39, 0.29) is 11.7 Å². The van der Waals surface area contributed by atoms with Gasteiger partial charge in [-0.1, -0.05) is 12.1 Å². The Kier molecular flexibility index (Phi) is 2.28. The summed E-state index contributed by atoms with van der Waals surface area (Å²) in [4.78, 5) is 11.3. The minimum absolute atomic E-state index is 0.168. The Balaban J connectivity index is 2.34. The number of benzene rings is 1. The normalized spacial score (nSPS) is 19.1. The van der Waals surface area contributed by atoms with Gasteiger partial charge < -0.3 is 4.74 Å². The van der Waals surface area contributed by atoms with Gasteiger partial charge in [0.1, 0.15) is 11.5 Å². The van der Waals surface area contributed by atoms with Crippen molar-refractivity contribution in [1.29, 1.82) is 0 Å². The maximum atomic E-state index is 11.3. The highest BCUT2D eigenvalue weighted by Gasteiger charge is 2.26. The maximum Gasteiger partial charge on any atom is 0.133 e. The van der Waals surface area contributed by atoms with Crippen LogP contribution in [0.1, 0.15) is 18.1 Å². The molecule has 1 aliphatic rings. The molecular formula is C12H14O2. The summed E-state index contributed by atoms with van der Waals surface area (Å²) in [5, 5.41) is 0. The molecule has 0 spiro atoms. The SMILES string of the molecule is COc1cccc2c1CC(C(C)=O)C2. The van der Waals surface area contributed by atoms with Gasteiger partial charge in [0.05, 0.1) is 7.11 Å². The topological polar surface area (TPSA) is 26.3 Å². The molecule has 0 N–H and O–H groups in total. The fourth-order valence-corrected chi connectivity index (χ4v) is 2.10. The molecule has 2 heteroatoms. The third-order valence-electron chi connectivity index (χ3n) is 2.94. The quantitative estimate of drug-likeness (QED) is 0.713. The van der Waals surface area contributed by atoms with Gasteiger partial charge in [0.25, 0.3) is 0 Å². The van der Waals surface area contributed by atoms with Crippen LogP contribution >= 0.6 is 0 Å². The van der Waals surface area contributed by atoms with Crippen molar-refractivity contribution in [2.24, 2.45) is 5.92 Å². The van der Waals surface area contributed by atoms with E-state index in [1.54, 1.807) is 14.0 Å². The lowest BCUT2D eigenvalue weighted by atomic mass is 10.0. The second-order valence-electron chi connectivity index (χ2n) is 3.81. The van der Waals surface area contributed by atoms with Crippen molar-refractivity contribution in [2.75, 3.05) is 7.11 Å². The average molecular weight is 190 g/mol. The van der Waals surface area contributed by atoms with E-state index in [9.17, 15) is 4.79 Å². The zero-order valence-electron chi connectivity index (χ0n) is 8.54. The van der Waals surface area contributed by atoms with Gasteiger partial charge in [0.15, 0.2) is 0 Å². The van der Waals surface area contributed by atoms with E-state index in [0.29, 0.717) is 0 Å². The Bertz CT molecular complexity index is 369. The first-order valence-electron chi connectivity index (χ1n) is 4.87. The number of carbonyl (C=O) groups is 1. The van der Waals surface area contributed by atoms with Crippen LogP contribution in [0.3, 0.4) is 0 Å². The molecule has 1 aromatic rings. The molecule has 1 unspecified atom stereocenters. The predicted molar refractivity (Wildman–Crippen MR) is 54.6 cm³/mol. The Morgan fingerprint density at radius 2 is 2.21 bits per heavy atom. The minimum Gasteiger partial charge on any atom is -0.496 e. The second-order valence-corrected chi connectivity index (χ2v) is 3.81. The second kappa shape index (κ2) is 3.45. The molecule has 0 saturated carbocycles. The van der Waals surface area contributed by atoms with Crippen LogP contribution < -0.4 is 4.74 Å². The monoisotopic (exact) mass is 190 g/mol. The van der Waals surface area contributed by atoms with Crippen LogP contribution in [0.15, 0.2) is 18.2 Å². The van der Waals surface area contributed by atoms with Crippen LogP contribution in [0, 0.1) is 5.92 Å². The number of methoxy groups -OCH3 is 1. The molecule has 14 heavy (non-hydrogen) atoms. The van der Waals surface area contributed by atoms with Gasteiger partial charge in [-0.25, -0.2) is 0 Å². The van der Waals surface area contributed by atoms with Crippen molar-refractivity contribution in [2.45, 2.75) is 19.8 Å². The molecule has 1 aliphatic carbocycles. The predicted octanol–water partition coefficient (Wildman–Crippen LogP) is 2.00. The molecule has 0 amide bonds. The van der Waals surface area contributed by atoms with E-state index in [2.05, 4.69) is 6.07 Å². The number of Topliss-reactive ketones (excluding diaryl/α,β-unsaturated/α-hetero) is 1. The molecule has 0 aliphatic heterocycles. The van der Waals surface area contributed by atoms with Crippen molar-refractivity contribution in [3.63, 3.8) is 0 Å². The van der Waals surface area contributed by atoms with Gasteiger partial charge in [-0.05, 0) is 37.0 Å². The van der Waals surface area contributed by atoms with Crippen LogP contribution in [0.25, 0.3) is 0 Å². The summed E-state index contributed by atoms with van der Waals surface area (Å²) in [6.45, 7) is 1.67. The molecule has 1 atom stereocenters. The molecule has 0 saturated heterocycles. The van der Waals surface area contributed by atoms with Gasteiger partial charge >= 0.3 is 0 Å². The fourth-order valence-electron chi connectivity index (χ4n) is 2.10.